The number of aromatic nitrogens is 3. The van der Waals surface area contributed by atoms with Crippen molar-refractivity contribution < 1.29 is 4.42 Å². The fraction of sp³-hybridized carbons (Fsp3) is 0.429. The van der Waals surface area contributed by atoms with E-state index in [-0.39, 0.29) is 24.0 Å². The molecule has 0 amide bonds. The Morgan fingerprint density at radius 1 is 1.16 bits per heavy atom. The fourth-order valence-corrected chi connectivity index (χ4v) is 4.12. The molecule has 1 aliphatic heterocycles. The van der Waals surface area contributed by atoms with Gasteiger partial charge in [0.15, 0.2) is 11.7 Å². The van der Waals surface area contributed by atoms with Gasteiger partial charge in [-0.2, -0.15) is 4.37 Å². The molecule has 3 heterocycles. The van der Waals surface area contributed by atoms with Crippen LogP contribution in [0.1, 0.15) is 25.6 Å². The standard InChI is InChI=1S/C21H27N7OS.HI/c1-3-18-25-21(30-26-18)28-12-10-27(11-13-28)20(22-4-2)24-15-19-23-14-17(29-19)16-8-6-5-7-9-16;/h5-9,14H,3-4,10-13,15H2,1-2H3,(H,22,24);1H. The zero-order valence-electron chi connectivity index (χ0n) is 17.8. The summed E-state index contributed by atoms with van der Waals surface area (Å²) in [6.07, 6.45) is 2.64. The quantitative estimate of drug-likeness (QED) is 0.284. The van der Waals surface area contributed by atoms with E-state index < -0.39 is 0 Å². The van der Waals surface area contributed by atoms with Crippen molar-refractivity contribution in [2.45, 2.75) is 26.8 Å². The second kappa shape index (κ2) is 11.4. The SMILES string of the molecule is CCNC(=NCc1ncc(-c2ccccc2)o1)N1CCN(c2nc(CC)ns2)CC1.I. The molecule has 4 rings (SSSR count). The van der Waals surface area contributed by atoms with Gasteiger partial charge in [-0.05, 0) is 6.92 Å². The van der Waals surface area contributed by atoms with E-state index in [2.05, 4.69) is 43.3 Å². The summed E-state index contributed by atoms with van der Waals surface area (Å²) >= 11 is 1.49. The zero-order chi connectivity index (χ0) is 20.8. The Morgan fingerprint density at radius 3 is 2.61 bits per heavy atom. The van der Waals surface area contributed by atoms with E-state index in [1.165, 1.54) is 11.5 Å². The van der Waals surface area contributed by atoms with Gasteiger partial charge >= 0.3 is 0 Å². The molecule has 1 aliphatic rings. The molecular weight excluding hydrogens is 525 g/mol. The summed E-state index contributed by atoms with van der Waals surface area (Å²) in [6.45, 7) is 8.96. The Hall–Kier alpha value is -2.21. The van der Waals surface area contributed by atoms with Crippen molar-refractivity contribution in [3.8, 4) is 11.3 Å². The van der Waals surface area contributed by atoms with Crippen molar-refractivity contribution in [3.63, 3.8) is 0 Å². The summed E-state index contributed by atoms with van der Waals surface area (Å²) in [6, 6.07) is 9.99. The van der Waals surface area contributed by atoms with Crippen molar-refractivity contribution in [1.82, 2.24) is 24.6 Å². The average molecular weight is 553 g/mol. The molecule has 0 saturated carbocycles. The lowest BCUT2D eigenvalue weighted by Crippen LogP contribution is -2.52. The van der Waals surface area contributed by atoms with E-state index in [4.69, 9.17) is 9.41 Å². The molecule has 1 N–H and O–H groups in total. The molecule has 2 aromatic heterocycles. The monoisotopic (exact) mass is 553 g/mol. The van der Waals surface area contributed by atoms with E-state index in [0.717, 1.165) is 67.4 Å². The highest BCUT2D eigenvalue weighted by Crippen LogP contribution is 2.21. The predicted molar refractivity (Wildman–Crippen MR) is 135 cm³/mol. The molecule has 10 heteroatoms. The summed E-state index contributed by atoms with van der Waals surface area (Å²) in [7, 11) is 0. The van der Waals surface area contributed by atoms with E-state index >= 15 is 0 Å². The number of guanidine groups is 1. The lowest BCUT2D eigenvalue weighted by Gasteiger charge is -2.36. The van der Waals surface area contributed by atoms with Crippen LogP contribution in [0.5, 0.6) is 0 Å². The second-order valence-electron chi connectivity index (χ2n) is 6.98. The average Bonchev–Trinajstić information content (AvgIpc) is 3.47. The predicted octanol–water partition coefficient (Wildman–Crippen LogP) is 3.66. The molecule has 1 saturated heterocycles. The number of benzene rings is 1. The highest BCUT2D eigenvalue weighted by Gasteiger charge is 2.22. The summed E-state index contributed by atoms with van der Waals surface area (Å²) in [5, 5.41) is 4.41. The van der Waals surface area contributed by atoms with Crippen LogP contribution >= 0.6 is 35.5 Å². The highest BCUT2D eigenvalue weighted by molar-refractivity contribution is 14.0. The normalized spacial score (nSPS) is 14.5. The molecule has 0 atom stereocenters. The molecule has 0 unspecified atom stereocenters. The van der Waals surface area contributed by atoms with E-state index in [9.17, 15) is 0 Å². The van der Waals surface area contributed by atoms with Crippen LogP contribution in [-0.2, 0) is 13.0 Å². The third-order valence-electron chi connectivity index (χ3n) is 4.93. The number of rotatable bonds is 6. The Kier molecular flexibility index (Phi) is 8.64. The van der Waals surface area contributed by atoms with Crippen molar-refractivity contribution in [1.29, 1.82) is 0 Å². The van der Waals surface area contributed by atoms with Gasteiger partial charge in [0.05, 0.1) is 6.20 Å². The van der Waals surface area contributed by atoms with Crippen LogP contribution in [0.15, 0.2) is 45.9 Å². The fourth-order valence-electron chi connectivity index (χ4n) is 3.31. The molecule has 0 radical (unpaired) electrons. The van der Waals surface area contributed by atoms with Crippen molar-refractivity contribution in [2.75, 3.05) is 37.6 Å². The van der Waals surface area contributed by atoms with E-state index in [1.54, 1.807) is 6.20 Å². The minimum Gasteiger partial charge on any atom is -0.439 e. The molecule has 8 nitrogen and oxygen atoms in total. The summed E-state index contributed by atoms with van der Waals surface area (Å²) in [5.41, 5.74) is 1.02. The third-order valence-corrected chi connectivity index (χ3v) is 5.75. The number of hydrogen-bond donors (Lipinski definition) is 1. The van der Waals surface area contributed by atoms with Crippen LogP contribution < -0.4 is 10.2 Å². The van der Waals surface area contributed by atoms with Gasteiger partial charge in [0.1, 0.15) is 12.4 Å². The van der Waals surface area contributed by atoms with E-state index in [1.807, 2.05) is 30.3 Å². The number of hydrogen-bond acceptors (Lipinski definition) is 7. The third kappa shape index (κ3) is 5.94. The van der Waals surface area contributed by atoms with Crippen LogP contribution in [0.4, 0.5) is 5.13 Å². The first-order valence-electron chi connectivity index (χ1n) is 10.4. The lowest BCUT2D eigenvalue weighted by atomic mass is 10.2. The summed E-state index contributed by atoms with van der Waals surface area (Å²) in [4.78, 5) is 18.3. The van der Waals surface area contributed by atoms with Crippen LogP contribution in [0, 0.1) is 0 Å². The van der Waals surface area contributed by atoms with Gasteiger partial charge in [-0.15, -0.1) is 24.0 Å². The maximum Gasteiger partial charge on any atom is 0.216 e. The summed E-state index contributed by atoms with van der Waals surface area (Å²) in [5.74, 6) is 3.20. The first-order chi connectivity index (χ1) is 14.8. The molecule has 1 fully saturated rings. The zero-order valence-corrected chi connectivity index (χ0v) is 21.0. The van der Waals surface area contributed by atoms with Crippen molar-refractivity contribution in [2.24, 2.45) is 4.99 Å². The Balaban J connectivity index is 0.00000272. The number of oxazole rings is 1. The Labute approximate surface area is 204 Å². The largest absolute Gasteiger partial charge is 0.439 e. The van der Waals surface area contributed by atoms with Gasteiger partial charge in [-0.25, -0.2) is 15.0 Å². The van der Waals surface area contributed by atoms with Gasteiger partial charge in [-0.3, -0.25) is 0 Å². The maximum atomic E-state index is 5.89. The number of nitrogens with zero attached hydrogens (tertiary/aromatic N) is 6. The Bertz CT molecular complexity index is 967. The first kappa shape index (κ1) is 23.5. The van der Waals surface area contributed by atoms with Gasteiger partial charge in [0.25, 0.3) is 0 Å². The van der Waals surface area contributed by atoms with Crippen LogP contribution in [0.3, 0.4) is 0 Å². The molecule has 166 valence electrons. The molecule has 3 aromatic rings. The lowest BCUT2D eigenvalue weighted by molar-refractivity contribution is 0.371. The van der Waals surface area contributed by atoms with Crippen molar-refractivity contribution >= 4 is 46.6 Å². The summed E-state index contributed by atoms with van der Waals surface area (Å²) < 4.78 is 10.3. The molecule has 0 bridgehead atoms. The van der Waals surface area contributed by atoms with Gasteiger partial charge < -0.3 is 19.5 Å². The molecular formula is C21H28IN7OS. The van der Waals surface area contributed by atoms with Crippen LogP contribution in [-0.4, -0.2) is 57.9 Å². The minimum absolute atomic E-state index is 0. The van der Waals surface area contributed by atoms with Crippen molar-refractivity contribution in [3.05, 3.63) is 48.2 Å². The molecule has 1 aromatic carbocycles. The topological polar surface area (TPSA) is 82.7 Å². The first-order valence-corrected chi connectivity index (χ1v) is 11.1. The van der Waals surface area contributed by atoms with Gasteiger partial charge in [-0.1, -0.05) is 37.3 Å². The van der Waals surface area contributed by atoms with E-state index in [0.29, 0.717) is 12.4 Å². The van der Waals surface area contributed by atoms with Gasteiger partial charge in [0.2, 0.25) is 11.0 Å². The molecule has 0 spiro atoms. The number of aryl methyl sites for hydroxylation is 1. The number of piperazine rings is 1. The number of halogens is 1. The highest BCUT2D eigenvalue weighted by atomic mass is 127. The second-order valence-corrected chi connectivity index (χ2v) is 7.71. The maximum absolute atomic E-state index is 5.89. The molecule has 31 heavy (non-hydrogen) atoms. The minimum atomic E-state index is 0. The smallest absolute Gasteiger partial charge is 0.216 e. The van der Waals surface area contributed by atoms with Crippen LogP contribution in [0.25, 0.3) is 11.3 Å². The number of aliphatic imine (C=N–C) groups is 1. The number of anilines is 1. The van der Waals surface area contributed by atoms with Crippen LogP contribution in [0.2, 0.25) is 0 Å². The number of nitrogens with one attached hydrogen (secondary N) is 1. The Morgan fingerprint density at radius 2 is 1.94 bits per heavy atom. The molecule has 0 aliphatic carbocycles. The van der Waals surface area contributed by atoms with Gasteiger partial charge in [0, 0.05) is 56.2 Å².